The third-order valence-electron chi connectivity index (χ3n) is 7.10. The summed E-state index contributed by atoms with van der Waals surface area (Å²) in [6.07, 6.45) is -0.156. The largest absolute Gasteiger partial charge is 0.436 e. The molecule has 0 aliphatic carbocycles. The average molecular weight is 597 g/mol. The molecule has 3 aromatic carbocycles. The second-order valence-corrected chi connectivity index (χ2v) is 10.3. The van der Waals surface area contributed by atoms with E-state index in [1.165, 1.54) is 9.58 Å². The quantitative estimate of drug-likeness (QED) is 0.204. The van der Waals surface area contributed by atoms with Crippen molar-refractivity contribution in [1.29, 1.82) is 0 Å². The smallest absolute Gasteiger partial charge is 0.307 e. The normalized spacial score (nSPS) is 14.9. The van der Waals surface area contributed by atoms with E-state index in [2.05, 4.69) is 20.9 Å². The van der Waals surface area contributed by atoms with Crippen LogP contribution in [0.3, 0.4) is 0 Å². The summed E-state index contributed by atoms with van der Waals surface area (Å²) in [5, 5.41) is 9.73. The number of likely N-dealkylation sites (N-methyl/N-ethyl adjacent to an activating group) is 1. The maximum Gasteiger partial charge on any atom is 0.307 e. The Bertz CT molecular complexity index is 1820. The molecule has 1 saturated heterocycles. The maximum absolute atomic E-state index is 13.1. The zero-order valence-corrected chi connectivity index (χ0v) is 24.0. The lowest BCUT2D eigenvalue weighted by Crippen LogP contribution is -2.42. The first-order chi connectivity index (χ1) is 20.8. The molecule has 0 radical (unpaired) electrons. The molecule has 2 aromatic heterocycles. The van der Waals surface area contributed by atoms with Crippen molar-refractivity contribution in [2.24, 2.45) is 7.05 Å². The Labute approximate surface area is 250 Å². The number of nitrogens with one attached hydrogen (secondary N) is 2. The molecular formula is C30H26N7O5S+. The van der Waals surface area contributed by atoms with Gasteiger partial charge in [0.25, 0.3) is 17.5 Å². The van der Waals surface area contributed by atoms with E-state index in [4.69, 9.17) is 21.2 Å². The molecule has 1 aliphatic rings. The summed E-state index contributed by atoms with van der Waals surface area (Å²) in [6, 6.07) is 22.4. The van der Waals surface area contributed by atoms with E-state index in [0.717, 1.165) is 11.1 Å². The van der Waals surface area contributed by atoms with Gasteiger partial charge < -0.3 is 14.6 Å². The van der Waals surface area contributed by atoms with E-state index in [0.29, 0.717) is 28.4 Å². The molecule has 6 rings (SSSR count). The van der Waals surface area contributed by atoms with Crippen molar-refractivity contribution in [2.45, 2.75) is 19.0 Å². The predicted octanol–water partition coefficient (Wildman–Crippen LogP) is 3.52. The molecule has 12 nitrogen and oxygen atoms in total. The number of hydrogen-bond acceptors (Lipinski definition) is 8. The number of fused-ring (bicyclic) bond motifs is 1. The SMILES string of the molecule is CN1C(=O)C(CC(=O)Nc2ccc(-c3nc4ccccc4o3)cc2)N(Cc2c(NC(=O)c3ccccc3)on[n+]2C)C1=S. The van der Waals surface area contributed by atoms with Crippen LogP contribution in [0.15, 0.2) is 87.8 Å². The molecule has 3 heterocycles. The van der Waals surface area contributed by atoms with E-state index >= 15 is 0 Å². The average Bonchev–Trinajstić information content (AvgIpc) is 3.66. The van der Waals surface area contributed by atoms with Gasteiger partial charge in [-0.1, -0.05) is 30.3 Å². The third-order valence-corrected chi connectivity index (χ3v) is 7.61. The number of hydrogen-bond donors (Lipinski definition) is 2. The standard InChI is InChI=1S/C30H25N7O5S/c1-35-29(40)22(16-25(38)31-20-14-12-19(13-15-20)27-32-21-10-6-7-11-24(21)41-27)37(30(35)43)17-23-28(42-34-36(23)2)33-26(39)18-8-4-3-5-9-18/h3-15,22H,16-17H2,1-2H3,(H-,31,32,33,34,38,39)/p+1. The summed E-state index contributed by atoms with van der Waals surface area (Å²) in [6.45, 7) is 0.0659. The van der Waals surface area contributed by atoms with E-state index in [1.54, 1.807) is 67.5 Å². The van der Waals surface area contributed by atoms with Crippen LogP contribution in [0.2, 0.25) is 0 Å². The Morgan fingerprint density at radius 2 is 1.72 bits per heavy atom. The lowest BCUT2D eigenvalue weighted by atomic mass is 10.1. The monoisotopic (exact) mass is 596 g/mol. The molecule has 1 aliphatic heterocycles. The van der Waals surface area contributed by atoms with Crippen molar-refractivity contribution in [1.82, 2.24) is 20.1 Å². The van der Waals surface area contributed by atoms with Crippen molar-refractivity contribution < 1.29 is 28.0 Å². The Kier molecular flexibility index (Phi) is 7.38. The molecule has 13 heteroatoms. The molecule has 1 unspecified atom stereocenters. The van der Waals surface area contributed by atoms with Crippen LogP contribution in [0.5, 0.6) is 0 Å². The molecule has 5 aromatic rings. The van der Waals surface area contributed by atoms with E-state index < -0.39 is 6.04 Å². The number of aromatic nitrogens is 3. The van der Waals surface area contributed by atoms with Gasteiger partial charge in [-0.15, -0.1) is 0 Å². The van der Waals surface area contributed by atoms with Gasteiger partial charge in [0.05, 0.1) is 6.42 Å². The first kappa shape index (κ1) is 27.7. The van der Waals surface area contributed by atoms with E-state index in [9.17, 15) is 14.4 Å². The molecule has 0 saturated carbocycles. The number of carbonyl (C=O) groups is 3. The molecule has 216 valence electrons. The minimum absolute atomic E-state index is 0.0659. The van der Waals surface area contributed by atoms with Gasteiger partial charge in [-0.3, -0.25) is 29.1 Å². The van der Waals surface area contributed by atoms with Gasteiger partial charge in [0.1, 0.15) is 18.1 Å². The van der Waals surface area contributed by atoms with Gasteiger partial charge in [-0.2, -0.15) is 0 Å². The molecule has 3 amide bonds. The molecular weight excluding hydrogens is 570 g/mol. The van der Waals surface area contributed by atoms with E-state index in [1.807, 2.05) is 30.3 Å². The topological polar surface area (TPSA) is 138 Å². The summed E-state index contributed by atoms with van der Waals surface area (Å²) in [7, 11) is 3.21. The first-order valence-electron chi connectivity index (χ1n) is 13.3. The first-order valence-corrected chi connectivity index (χ1v) is 13.7. The number of rotatable bonds is 8. The zero-order chi connectivity index (χ0) is 30.1. The highest BCUT2D eigenvalue weighted by Gasteiger charge is 2.44. The highest BCUT2D eigenvalue weighted by Crippen LogP contribution is 2.27. The number of anilines is 2. The second-order valence-electron chi connectivity index (χ2n) is 9.93. The molecule has 43 heavy (non-hydrogen) atoms. The fourth-order valence-electron chi connectivity index (χ4n) is 4.78. The van der Waals surface area contributed by atoms with Crippen molar-refractivity contribution in [2.75, 3.05) is 17.7 Å². The van der Waals surface area contributed by atoms with Gasteiger partial charge in [-0.25, -0.2) is 4.98 Å². The minimum Gasteiger partial charge on any atom is -0.436 e. The van der Waals surface area contributed by atoms with E-state index in [-0.39, 0.29) is 41.7 Å². The fourth-order valence-corrected chi connectivity index (χ4v) is 5.06. The van der Waals surface area contributed by atoms with Gasteiger partial charge >= 0.3 is 5.88 Å². The molecule has 0 bridgehead atoms. The Hall–Kier alpha value is -5.43. The summed E-state index contributed by atoms with van der Waals surface area (Å²) in [4.78, 5) is 46.4. The molecule has 0 spiro atoms. The minimum atomic E-state index is -0.871. The second kappa shape index (κ2) is 11.4. The number of thiocarbonyl (C=S) groups is 1. The molecule has 1 atom stereocenters. The predicted molar refractivity (Wildman–Crippen MR) is 159 cm³/mol. The van der Waals surface area contributed by atoms with Crippen LogP contribution in [0.25, 0.3) is 22.6 Å². The van der Waals surface area contributed by atoms with Crippen LogP contribution in [0, 0.1) is 0 Å². The lowest BCUT2D eigenvalue weighted by Gasteiger charge is -2.21. The maximum atomic E-state index is 13.1. The van der Waals surface area contributed by atoms with Crippen LogP contribution in [0.1, 0.15) is 22.5 Å². The number of carbonyl (C=O) groups excluding carboxylic acids is 3. The molecule has 1 fully saturated rings. The lowest BCUT2D eigenvalue weighted by molar-refractivity contribution is -0.746. The van der Waals surface area contributed by atoms with Gasteiger partial charge in [0.15, 0.2) is 17.7 Å². The number of para-hydroxylation sites is 2. The van der Waals surface area contributed by atoms with Crippen LogP contribution < -0.4 is 15.3 Å². The van der Waals surface area contributed by atoms with Crippen LogP contribution in [-0.2, 0) is 23.2 Å². The van der Waals surface area contributed by atoms with Crippen molar-refractivity contribution >= 4 is 57.7 Å². The van der Waals surface area contributed by atoms with Crippen molar-refractivity contribution in [3.63, 3.8) is 0 Å². The number of benzene rings is 3. The summed E-state index contributed by atoms with van der Waals surface area (Å²) in [5.74, 6) is -0.481. The van der Waals surface area contributed by atoms with Crippen LogP contribution in [-0.4, -0.2) is 56.0 Å². The van der Waals surface area contributed by atoms with Gasteiger partial charge in [0.2, 0.25) is 17.1 Å². The Morgan fingerprint density at radius 3 is 2.47 bits per heavy atom. The highest BCUT2D eigenvalue weighted by atomic mass is 32.1. The number of oxazole rings is 1. The Morgan fingerprint density at radius 1 is 1.00 bits per heavy atom. The summed E-state index contributed by atoms with van der Waals surface area (Å²) < 4.78 is 12.6. The summed E-state index contributed by atoms with van der Waals surface area (Å²) in [5.41, 5.74) is 3.66. The third kappa shape index (κ3) is 5.57. The number of nitrogens with zero attached hydrogens (tertiary/aromatic N) is 5. The summed E-state index contributed by atoms with van der Waals surface area (Å²) >= 11 is 5.55. The van der Waals surface area contributed by atoms with Crippen molar-refractivity contribution in [3.05, 3.63) is 90.1 Å². The van der Waals surface area contributed by atoms with Crippen LogP contribution in [0.4, 0.5) is 11.6 Å². The number of amides is 3. The number of aryl methyl sites for hydroxylation is 1. The van der Waals surface area contributed by atoms with Gasteiger partial charge in [0, 0.05) is 23.9 Å². The van der Waals surface area contributed by atoms with Gasteiger partial charge in [-0.05, 0) is 65.4 Å². The Balaban J connectivity index is 1.15. The fraction of sp³-hybridized carbons (Fsp3) is 0.167. The molecule has 2 N–H and O–H groups in total. The highest BCUT2D eigenvalue weighted by molar-refractivity contribution is 7.80. The zero-order valence-electron chi connectivity index (χ0n) is 23.2. The van der Waals surface area contributed by atoms with Crippen LogP contribution >= 0.6 is 12.2 Å². The van der Waals surface area contributed by atoms with Crippen molar-refractivity contribution in [3.8, 4) is 11.5 Å².